The number of fused-ring (bicyclic) bond motifs is 1. The second-order valence-electron chi connectivity index (χ2n) is 5.43. The molecule has 1 heterocycles. The van der Waals surface area contributed by atoms with Crippen LogP contribution in [0, 0.1) is 6.92 Å². The van der Waals surface area contributed by atoms with Gasteiger partial charge in [0.05, 0.1) is 0 Å². The number of alkyl halides is 1. The van der Waals surface area contributed by atoms with E-state index in [0.717, 1.165) is 16.5 Å². The lowest BCUT2D eigenvalue weighted by Crippen LogP contribution is -2.43. The summed E-state index contributed by atoms with van der Waals surface area (Å²) in [4.78, 5) is 12.1. The quantitative estimate of drug-likeness (QED) is 0.863. The summed E-state index contributed by atoms with van der Waals surface area (Å²) >= 11 is 5.72. The fraction of sp³-hybridized carbons (Fsp3) is 0.400. The van der Waals surface area contributed by atoms with Gasteiger partial charge in [-0.2, -0.15) is 0 Å². The standard InChI is InChI=1S/C15H18ClNO2/c1-10-4-5-12-11(8-10)9-13(19-12)14(18)17-15(2,3)6-7-16/h4-5,8-9H,6-7H2,1-3H3,(H,17,18). The first kappa shape index (κ1) is 13.9. The highest BCUT2D eigenvalue weighted by Gasteiger charge is 2.22. The van der Waals surface area contributed by atoms with E-state index in [-0.39, 0.29) is 11.4 Å². The van der Waals surface area contributed by atoms with Gasteiger partial charge in [0.25, 0.3) is 5.91 Å². The Balaban J connectivity index is 2.22. The van der Waals surface area contributed by atoms with E-state index in [2.05, 4.69) is 5.32 Å². The van der Waals surface area contributed by atoms with E-state index in [1.165, 1.54) is 0 Å². The minimum atomic E-state index is -0.340. The normalized spacial score (nSPS) is 11.8. The smallest absolute Gasteiger partial charge is 0.287 e. The highest BCUT2D eigenvalue weighted by molar-refractivity contribution is 6.17. The topological polar surface area (TPSA) is 42.2 Å². The molecular weight excluding hydrogens is 262 g/mol. The third-order valence-electron chi connectivity index (χ3n) is 3.07. The van der Waals surface area contributed by atoms with Gasteiger partial charge in [0.2, 0.25) is 0 Å². The fourth-order valence-corrected chi connectivity index (χ4v) is 2.41. The Morgan fingerprint density at radius 1 is 1.37 bits per heavy atom. The van der Waals surface area contributed by atoms with Gasteiger partial charge in [0.1, 0.15) is 5.58 Å². The van der Waals surface area contributed by atoms with E-state index in [1.54, 1.807) is 6.07 Å². The molecule has 1 amide bonds. The van der Waals surface area contributed by atoms with Gasteiger partial charge in [0.15, 0.2) is 5.76 Å². The van der Waals surface area contributed by atoms with Crippen LogP contribution in [0.4, 0.5) is 0 Å². The van der Waals surface area contributed by atoms with E-state index in [0.29, 0.717) is 18.1 Å². The van der Waals surface area contributed by atoms with Crippen LogP contribution in [0.1, 0.15) is 36.4 Å². The van der Waals surface area contributed by atoms with Crippen molar-refractivity contribution >= 4 is 28.5 Å². The number of halogens is 1. The predicted molar refractivity (Wildman–Crippen MR) is 77.8 cm³/mol. The van der Waals surface area contributed by atoms with Gasteiger partial charge in [-0.1, -0.05) is 11.6 Å². The molecule has 2 rings (SSSR count). The Hall–Kier alpha value is -1.48. The molecule has 1 N–H and O–H groups in total. The lowest BCUT2D eigenvalue weighted by Gasteiger charge is -2.24. The molecule has 4 heteroatoms. The van der Waals surface area contributed by atoms with Gasteiger partial charge < -0.3 is 9.73 Å². The molecule has 0 radical (unpaired) electrons. The lowest BCUT2D eigenvalue weighted by atomic mass is 10.0. The summed E-state index contributed by atoms with van der Waals surface area (Å²) in [5.41, 5.74) is 1.53. The molecule has 0 saturated carbocycles. The molecule has 19 heavy (non-hydrogen) atoms. The number of nitrogens with one attached hydrogen (secondary N) is 1. The first-order chi connectivity index (χ1) is 8.91. The zero-order chi connectivity index (χ0) is 14.0. The number of carbonyl (C=O) groups excluding carboxylic acids is 1. The monoisotopic (exact) mass is 279 g/mol. The van der Waals surface area contributed by atoms with Crippen molar-refractivity contribution in [2.75, 3.05) is 5.88 Å². The van der Waals surface area contributed by atoms with Crippen molar-refractivity contribution in [2.45, 2.75) is 32.7 Å². The number of amides is 1. The van der Waals surface area contributed by atoms with Crippen LogP contribution in [-0.4, -0.2) is 17.3 Å². The first-order valence-electron chi connectivity index (χ1n) is 6.30. The Bertz CT molecular complexity index is 601. The van der Waals surface area contributed by atoms with Gasteiger partial charge in [0, 0.05) is 16.8 Å². The minimum absolute atomic E-state index is 0.205. The van der Waals surface area contributed by atoms with Gasteiger partial charge >= 0.3 is 0 Å². The van der Waals surface area contributed by atoms with Crippen molar-refractivity contribution in [1.29, 1.82) is 0 Å². The van der Waals surface area contributed by atoms with Crippen molar-refractivity contribution in [1.82, 2.24) is 5.32 Å². The minimum Gasteiger partial charge on any atom is -0.451 e. The van der Waals surface area contributed by atoms with Crippen molar-refractivity contribution in [2.24, 2.45) is 0 Å². The molecule has 102 valence electrons. The molecule has 0 saturated heterocycles. The maximum atomic E-state index is 12.1. The van der Waals surface area contributed by atoms with Crippen molar-refractivity contribution in [3.05, 3.63) is 35.6 Å². The summed E-state index contributed by atoms with van der Waals surface area (Å²) in [6.45, 7) is 5.90. The highest BCUT2D eigenvalue weighted by Crippen LogP contribution is 2.21. The average molecular weight is 280 g/mol. The largest absolute Gasteiger partial charge is 0.451 e. The molecule has 0 fully saturated rings. The predicted octanol–water partition coefficient (Wildman–Crippen LogP) is 3.88. The molecule has 0 spiro atoms. The van der Waals surface area contributed by atoms with Crippen LogP contribution in [0.15, 0.2) is 28.7 Å². The van der Waals surface area contributed by atoms with Crippen LogP contribution in [0.5, 0.6) is 0 Å². The lowest BCUT2D eigenvalue weighted by molar-refractivity contribution is 0.0885. The van der Waals surface area contributed by atoms with Crippen LogP contribution in [0.2, 0.25) is 0 Å². The SMILES string of the molecule is Cc1ccc2oc(C(=O)NC(C)(C)CCCl)cc2c1. The number of carbonyl (C=O) groups is 1. The van der Waals surface area contributed by atoms with Crippen molar-refractivity contribution in [3.8, 4) is 0 Å². The number of furan rings is 1. The molecule has 0 atom stereocenters. The summed E-state index contributed by atoms with van der Waals surface area (Å²) < 4.78 is 5.56. The van der Waals surface area contributed by atoms with Crippen molar-refractivity contribution in [3.63, 3.8) is 0 Å². The number of rotatable bonds is 4. The van der Waals surface area contributed by atoms with Gasteiger partial charge in [-0.3, -0.25) is 4.79 Å². The van der Waals surface area contributed by atoms with E-state index >= 15 is 0 Å². The molecule has 0 aliphatic carbocycles. The number of hydrogen-bond acceptors (Lipinski definition) is 2. The number of aryl methyl sites for hydroxylation is 1. The van der Waals surface area contributed by atoms with Gasteiger partial charge in [-0.15, -0.1) is 11.6 Å². The molecule has 0 aliphatic rings. The van der Waals surface area contributed by atoms with Gasteiger partial charge in [-0.25, -0.2) is 0 Å². The molecule has 1 aromatic carbocycles. The molecule has 3 nitrogen and oxygen atoms in total. The van der Waals surface area contributed by atoms with Crippen LogP contribution >= 0.6 is 11.6 Å². The van der Waals surface area contributed by atoms with E-state index < -0.39 is 0 Å². The van der Waals surface area contributed by atoms with E-state index in [9.17, 15) is 4.79 Å². The molecule has 0 bridgehead atoms. The molecule has 2 aromatic rings. The zero-order valence-electron chi connectivity index (χ0n) is 11.4. The van der Waals surface area contributed by atoms with E-state index in [4.69, 9.17) is 16.0 Å². The van der Waals surface area contributed by atoms with Crippen molar-refractivity contribution < 1.29 is 9.21 Å². The third-order valence-corrected chi connectivity index (χ3v) is 3.26. The molecule has 1 aromatic heterocycles. The Morgan fingerprint density at radius 3 is 2.79 bits per heavy atom. The maximum absolute atomic E-state index is 12.1. The summed E-state index contributed by atoms with van der Waals surface area (Å²) in [6.07, 6.45) is 0.708. The number of benzene rings is 1. The molecule has 0 unspecified atom stereocenters. The Morgan fingerprint density at radius 2 is 2.11 bits per heavy atom. The first-order valence-corrected chi connectivity index (χ1v) is 6.83. The second-order valence-corrected chi connectivity index (χ2v) is 5.81. The highest BCUT2D eigenvalue weighted by atomic mass is 35.5. The summed E-state index contributed by atoms with van der Waals surface area (Å²) in [5.74, 6) is 0.638. The van der Waals surface area contributed by atoms with Crippen LogP contribution in [0.25, 0.3) is 11.0 Å². The average Bonchev–Trinajstić information content (AvgIpc) is 2.71. The van der Waals surface area contributed by atoms with Crippen LogP contribution < -0.4 is 5.32 Å². The maximum Gasteiger partial charge on any atom is 0.287 e. The van der Waals surface area contributed by atoms with Crippen LogP contribution in [-0.2, 0) is 0 Å². The summed E-state index contributed by atoms with van der Waals surface area (Å²) in [7, 11) is 0. The third kappa shape index (κ3) is 3.29. The summed E-state index contributed by atoms with van der Waals surface area (Å²) in [5, 5.41) is 3.88. The van der Waals surface area contributed by atoms with E-state index in [1.807, 2.05) is 39.0 Å². The zero-order valence-corrected chi connectivity index (χ0v) is 12.2. The molecular formula is C15H18ClNO2. The Labute approximate surface area is 117 Å². The summed E-state index contributed by atoms with van der Waals surface area (Å²) in [6, 6.07) is 7.62. The molecule has 0 aliphatic heterocycles. The van der Waals surface area contributed by atoms with Gasteiger partial charge in [-0.05, 0) is 45.4 Å². The fourth-order valence-electron chi connectivity index (χ4n) is 1.94. The van der Waals surface area contributed by atoms with Crippen LogP contribution in [0.3, 0.4) is 0 Å². The second kappa shape index (κ2) is 5.25. The number of hydrogen-bond donors (Lipinski definition) is 1. The Kier molecular flexibility index (Phi) is 3.85.